The Balaban J connectivity index is 1.65. The number of amides is 1. The highest BCUT2D eigenvalue weighted by Crippen LogP contribution is 2.38. The van der Waals surface area contributed by atoms with Crippen molar-refractivity contribution in [1.29, 1.82) is 0 Å². The number of anilines is 1. The molecule has 0 aromatic carbocycles. The number of hydrogen-bond donors (Lipinski definition) is 1. The normalized spacial score (nSPS) is 23.0. The number of carbonyl (C=O) groups is 2. The Labute approximate surface area is 229 Å². The molecule has 3 aliphatic rings. The average Bonchev–Trinajstić information content (AvgIpc) is 3.55. The molecule has 3 heterocycles. The zero-order valence-corrected chi connectivity index (χ0v) is 24.1. The Morgan fingerprint density at radius 1 is 1.13 bits per heavy atom. The van der Waals surface area contributed by atoms with Gasteiger partial charge in [-0.2, -0.15) is 9.41 Å². The summed E-state index contributed by atoms with van der Waals surface area (Å²) in [5.41, 5.74) is 0.119. The van der Waals surface area contributed by atoms with Crippen LogP contribution in [0.3, 0.4) is 0 Å². The van der Waals surface area contributed by atoms with Gasteiger partial charge in [0, 0.05) is 43.1 Å². The predicted octanol–water partition coefficient (Wildman–Crippen LogP) is 4.59. The summed E-state index contributed by atoms with van der Waals surface area (Å²) in [6, 6.07) is 1.41. The quantitative estimate of drug-likeness (QED) is 0.529. The highest BCUT2D eigenvalue weighted by atomic mass is 32.2. The maximum absolute atomic E-state index is 14.0. The van der Waals surface area contributed by atoms with Crippen molar-refractivity contribution in [3.63, 3.8) is 0 Å². The summed E-state index contributed by atoms with van der Waals surface area (Å²) in [6.07, 6.45) is 5.92. The summed E-state index contributed by atoms with van der Waals surface area (Å²) in [5.74, 6) is 5.48. The van der Waals surface area contributed by atoms with Crippen LogP contribution in [-0.4, -0.2) is 60.1 Å². The van der Waals surface area contributed by atoms with E-state index in [1.54, 1.807) is 11.0 Å². The third kappa shape index (κ3) is 6.35. The number of thiophene rings is 1. The fourth-order valence-electron chi connectivity index (χ4n) is 5.13. The maximum Gasteiger partial charge on any atom is 0.348 e. The van der Waals surface area contributed by atoms with Crippen molar-refractivity contribution in [3.05, 3.63) is 15.8 Å². The maximum atomic E-state index is 14.0. The molecule has 0 radical (unpaired) electrons. The molecule has 1 N–H and O–H groups in total. The van der Waals surface area contributed by atoms with Crippen LogP contribution in [0.25, 0.3) is 0 Å². The molecule has 38 heavy (non-hydrogen) atoms. The first-order chi connectivity index (χ1) is 17.9. The fourth-order valence-corrected chi connectivity index (χ4v) is 7.40. The lowest BCUT2D eigenvalue weighted by Crippen LogP contribution is -2.51. The van der Waals surface area contributed by atoms with Crippen LogP contribution in [0.15, 0.2) is 16.3 Å². The summed E-state index contributed by atoms with van der Waals surface area (Å²) in [7, 11) is -3.72. The SMILES string of the molecule is CC1CCC(C(=O)N(c2cc(C#CC(C)(C)C)sc2C(=O)O)C2CCN(S(=O)(=O)C3=NN=CC3)CC2)CC1. The van der Waals surface area contributed by atoms with E-state index in [-0.39, 0.29) is 52.7 Å². The van der Waals surface area contributed by atoms with Crippen molar-refractivity contribution in [2.45, 2.75) is 78.7 Å². The van der Waals surface area contributed by atoms with E-state index in [0.29, 0.717) is 29.3 Å². The zero-order valence-electron chi connectivity index (χ0n) is 22.4. The van der Waals surface area contributed by atoms with Gasteiger partial charge in [-0.3, -0.25) is 4.79 Å². The van der Waals surface area contributed by atoms with E-state index >= 15 is 0 Å². The van der Waals surface area contributed by atoms with E-state index in [1.165, 1.54) is 10.5 Å². The molecule has 1 saturated heterocycles. The minimum Gasteiger partial charge on any atom is -0.477 e. The van der Waals surface area contributed by atoms with Crippen molar-refractivity contribution < 1.29 is 23.1 Å². The molecule has 0 unspecified atom stereocenters. The van der Waals surface area contributed by atoms with Crippen LogP contribution in [0.5, 0.6) is 0 Å². The number of carboxylic acids is 1. The molecular weight excluding hydrogens is 524 g/mol. The van der Waals surface area contributed by atoms with E-state index in [0.717, 1.165) is 37.0 Å². The van der Waals surface area contributed by atoms with Gasteiger partial charge in [0.1, 0.15) is 4.88 Å². The molecule has 0 bridgehead atoms. The molecule has 206 valence electrons. The summed E-state index contributed by atoms with van der Waals surface area (Å²) < 4.78 is 27.4. The predicted molar refractivity (Wildman–Crippen MR) is 150 cm³/mol. The number of sulfonamides is 1. The van der Waals surface area contributed by atoms with E-state index < -0.39 is 16.0 Å². The second kappa shape index (κ2) is 11.3. The van der Waals surface area contributed by atoms with Gasteiger partial charge in [0.15, 0.2) is 5.04 Å². The number of aromatic carboxylic acids is 1. The lowest BCUT2D eigenvalue weighted by molar-refractivity contribution is -0.124. The number of carbonyl (C=O) groups excluding carboxylic acids is 1. The molecular formula is C27H36N4O5S2. The van der Waals surface area contributed by atoms with Gasteiger partial charge in [-0.25, -0.2) is 13.2 Å². The molecule has 1 saturated carbocycles. The Morgan fingerprint density at radius 3 is 2.34 bits per heavy atom. The third-order valence-electron chi connectivity index (χ3n) is 7.27. The van der Waals surface area contributed by atoms with Gasteiger partial charge in [0.05, 0.1) is 10.6 Å². The van der Waals surface area contributed by atoms with Crippen molar-refractivity contribution in [3.8, 4) is 11.8 Å². The van der Waals surface area contributed by atoms with E-state index in [1.807, 2.05) is 20.8 Å². The van der Waals surface area contributed by atoms with Crippen molar-refractivity contribution in [1.82, 2.24) is 4.31 Å². The van der Waals surface area contributed by atoms with Gasteiger partial charge < -0.3 is 10.0 Å². The average molecular weight is 561 g/mol. The monoisotopic (exact) mass is 560 g/mol. The first-order valence-electron chi connectivity index (χ1n) is 13.2. The number of rotatable bonds is 5. The van der Waals surface area contributed by atoms with Gasteiger partial charge in [-0.05, 0) is 71.3 Å². The summed E-state index contributed by atoms with van der Waals surface area (Å²) in [6.45, 7) is 8.59. The summed E-state index contributed by atoms with van der Waals surface area (Å²) in [4.78, 5) is 28.7. The number of hydrogen-bond acceptors (Lipinski definition) is 7. The minimum atomic E-state index is -3.72. The standard InChI is InChI=1S/C27H36N4O5S2/c1-18-5-7-19(8-6-18)25(32)31(22-17-21(9-13-27(2,3)4)37-24(22)26(33)34)20-11-15-30(16-12-20)38(35,36)23-10-14-28-29-23/h14,17-20H,5-8,10-12,15-16H2,1-4H3,(H,33,34). The lowest BCUT2D eigenvalue weighted by Gasteiger charge is -2.40. The summed E-state index contributed by atoms with van der Waals surface area (Å²) in [5, 5.41) is 17.5. The molecule has 1 aliphatic carbocycles. The number of piperidine rings is 1. The fraction of sp³-hybridized carbons (Fsp3) is 0.630. The molecule has 11 heteroatoms. The molecule has 1 amide bonds. The van der Waals surface area contributed by atoms with Gasteiger partial charge in [0.25, 0.3) is 10.0 Å². The van der Waals surface area contributed by atoms with E-state index in [4.69, 9.17) is 0 Å². The molecule has 1 aromatic rings. The van der Waals surface area contributed by atoms with Crippen LogP contribution in [0.1, 0.15) is 87.2 Å². The Kier molecular flexibility index (Phi) is 8.45. The topological polar surface area (TPSA) is 120 Å². The molecule has 9 nitrogen and oxygen atoms in total. The first-order valence-corrected chi connectivity index (χ1v) is 15.4. The Morgan fingerprint density at radius 2 is 1.79 bits per heavy atom. The highest BCUT2D eigenvalue weighted by Gasteiger charge is 2.40. The molecule has 2 aliphatic heterocycles. The van der Waals surface area contributed by atoms with Crippen LogP contribution in [0.4, 0.5) is 5.69 Å². The first kappa shape index (κ1) is 28.5. The number of nitrogens with zero attached hydrogens (tertiary/aromatic N) is 4. The van der Waals surface area contributed by atoms with Gasteiger partial charge in [-0.15, -0.1) is 16.4 Å². The largest absolute Gasteiger partial charge is 0.477 e. The van der Waals surface area contributed by atoms with Crippen molar-refractivity contribution >= 4 is 50.2 Å². The Hall–Kier alpha value is -2.55. The van der Waals surface area contributed by atoms with Gasteiger partial charge in [0.2, 0.25) is 5.91 Å². The zero-order chi connectivity index (χ0) is 27.7. The highest BCUT2D eigenvalue weighted by molar-refractivity contribution is 8.04. The molecule has 1 aromatic heterocycles. The van der Waals surface area contributed by atoms with Gasteiger partial charge >= 0.3 is 5.97 Å². The molecule has 2 fully saturated rings. The van der Waals surface area contributed by atoms with Crippen LogP contribution in [-0.2, 0) is 14.8 Å². The van der Waals surface area contributed by atoms with E-state index in [9.17, 15) is 23.1 Å². The van der Waals surface area contributed by atoms with Crippen LogP contribution >= 0.6 is 11.3 Å². The smallest absolute Gasteiger partial charge is 0.348 e. The molecule has 4 rings (SSSR count). The minimum absolute atomic E-state index is 0.0354. The van der Waals surface area contributed by atoms with Gasteiger partial charge in [-0.1, -0.05) is 18.8 Å². The van der Waals surface area contributed by atoms with Crippen LogP contribution < -0.4 is 4.90 Å². The number of carboxylic acid groups (broad SMARTS) is 1. The van der Waals surface area contributed by atoms with Crippen molar-refractivity contribution in [2.24, 2.45) is 27.5 Å². The molecule has 0 atom stereocenters. The van der Waals surface area contributed by atoms with Crippen molar-refractivity contribution in [2.75, 3.05) is 18.0 Å². The second-order valence-electron chi connectivity index (χ2n) is 11.4. The van der Waals surface area contributed by atoms with E-state index in [2.05, 4.69) is 29.0 Å². The van der Waals surface area contributed by atoms with Crippen LogP contribution in [0.2, 0.25) is 0 Å². The second-order valence-corrected chi connectivity index (χ2v) is 14.4. The Bertz CT molecular complexity index is 1300. The van der Waals surface area contributed by atoms with Crippen LogP contribution in [0, 0.1) is 29.1 Å². The molecule has 0 spiro atoms. The third-order valence-corrected chi connectivity index (χ3v) is 10.2. The lowest BCUT2D eigenvalue weighted by atomic mass is 9.82. The summed E-state index contributed by atoms with van der Waals surface area (Å²) >= 11 is 1.08.